The number of aromatic nitrogens is 5. The molecular weight excluding hydrogens is 411 g/mol. The van der Waals surface area contributed by atoms with E-state index in [1.165, 1.54) is 35.2 Å². The van der Waals surface area contributed by atoms with Crippen molar-refractivity contribution in [2.75, 3.05) is 5.32 Å². The van der Waals surface area contributed by atoms with Crippen LogP contribution >= 0.6 is 23.1 Å². The van der Waals surface area contributed by atoms with Crippen LogP contribution in [0.4, 0.5) is 9.52 Å². The van der Waals surface area contributed by atoms with Gasteiger partial charge in [0, 0.05) is 22.3 Å². The van der Waals surface area contributed by atoms with Crippen LogP contribution in [0.5, 0.6) is 0 Å². The number of carbonyl (C=O) groups is 1. The highest BCUT2D eigenvalue weighted by molar-refractivity contribution is 8.00. The Morgan fingerprint density at radius 2 is 1.97 bits per heavy atom. The molecule has 0 saturated carbocycles. The van der Waals surface area contributed by atoms with Crippen molar-refractivity contribution in [1.82, 2.24) is 24.6 Å². The van der Waals surface area contributed by atoms with Gasteiger partial charge in [0.2, 0.25) is 11.1 Å². The second kappa shape index (κ2) is 7.88. The van der Waals surface area contributed by atoms with Crippen LogP contribution in [0.15, 0.2) is 40.9 Å². The molecule has 0 radical (unpaired) electrons. The Hall–Kier alpha value is -2.85. The average molecular weight is 429 g/mol. The van der Waals surface area contributed by atoms with Crippen LogP contribution in [-0.2, 0) is 4.79 Å². The fraction of sp³-hybridized carbons (Fsp3) is 0.211. The Bertz CT molecular complexity index is 1190. The molecule has 1 aromatic carbocycles. The number of amides is 1. The maximum absolute atomic E-state index is 13.1. The Kier molecular flexibility index (Phi) is 5.29. The summed E-state index contributed by atoms with van der Waals surface area (Å²) in [6, 6.07) is 7.99. The zero-order valence-corrected chi connectivity index (χ0v) is 17.5. The number of halogens is 1. The Labute approximate surface area is 174 Å². The van der Waals surface area contributed by atoms with E-state index in [1.807, 2.05) is 25.3 Å². The molecule has 0 bridgehead atoms. The normalized spacial score (nSPS) is 12.3. The Morgan fingerprint density at radius 3 is 2.72 bits per heavy atom. The van der Waals surface area contributed by atoms with Crippen molar-refractivity contribution >= 4 is 39.9 Å². The lowest BCUT2D eigenvalue weighted by Gasteiger charge is -2.07. The van der Waals surface area contributed by atoms with E-state index in [0.29, 0.717) is 21.8 Å². The van der Waals surface area contributed by atoms with Gasteiger partial charge in [-0.1, -0.05) is 11.8 Å². The van der Waals surface area contributed by atoms with Crippen LogP contribution in [0.1, 0.15) is 18.3 Å². The number of carbonyl (C=O) groups excluding carboxylic acids is 1. The maximum atomic E-state index is 13.1. The first-order valence-electron chi connectivity index (χ1n) is 8.79. The monoisotopic (exact) mass is 428 g/mol. The number of hydrogen-bond donors (Lipinski definition) is 1. The molecule has 7 nitrogen and oxygen atoms in total. The molecule has 1 N–H and O–H groups in total. The first-order valence-corrected chi connectivity index (χ1v) is 10.5. The molecule has 4 rings (SSSR count). The lowest BCUT2D eigenvalue weighted by atomic mass is 10.2. The first-order chi connectivity index (χ1) is 13.9. The van der Waals surface area contributed by atoms with Crippen molar-refractivity contribution in [3.05, 3.63) is 52.9 Å². The highest BCUT2D eigenvalue weighted by Crippen LogP contribution is 2.27. The number of nitrogens with zero attached hydrogens (tertiary/aromatic N) is 5. The molecule has 0 fully saturated rings. The second-order valence-electron chi connectivity index (χ2n) is 6.44. The minimum absolute atomic E-state index is 0.199. The zero-order chi connectivity index (χ0) is 20.5. The van der Waals surface area contributed by atoms with Crippen molar-refractivity contribution < 1.29 is 9.18 Å². The third kappa shape index (κ3) is 4.28. The number of rotatable bonds is 5. The summed E-state index contributed by atoms with van der Waals surface area (Å²) in [6.45, 7) is 5.62. The van der Waals surface area contributed by atoms with Gasteiger partial charge in [0.15, 0.2) is 5.13 Å². The van der Waals surface area contributed by atoms with Crippen molar-refractivity contribution in [1.29, 1.82) is 0 Å². The van der Waals surface area contributed by atoms with Gasteiger partial charge < -0.3 is 5.32 Å². The average Bonchev–Trinajstić information content (AvgIpc) is 3.29. The molecule has 1 amide bonds. The molecule has 0 spiro atoms. The van der Waals surface area contributed by atoms with Crippen molar-refractivity contribution in [3.63, 3.8) is 0 Å². The third-order valence-electron chi connectivity index (χ3n) is 4.12. The Balaban J connectivity index is 1.43. The lowest BCUT2D eigenvalue weighted by Crippen LogP contribution is -2.22. The summed E-state index contributed by atoms with van der Waals surface area (Å²) in [5.74, 6) is 0.0145. The van der Waals surface area contributed by atoms with E-state index in [-0.39, 0.29) is 11.7 Å². The molecule has 0 aliphatic carbocycles. The van der Waals surface area contributed by atoms with Gasteiger partial charge in [0.1, 0.15) is 5.82 Å². The standard InChI is InChI=1S/C19H17FN6OS2/c1-10-8-11(2)26-17(21-10)24-19(25-26)29-12(3)16(27)23-18-22-15(9-28-18)13-4-6-14(20)7-5-13/h4-9,12H,1-3H3,(H,22,23,27)/t12-/m1/s1. The van der Waals surface area contributed by atoms with Gasteiger partial charge in [-0.25, -0.2) is 18.9 Å². The van der Waals surface area contributed by atoms with Crippen molar-refractivity contribution in [3.8, 4) is 11.3 Å². The van der Waals surface area contributed by atoms with E-state index < -0.39 is 5.25 Å². The number of fused-ring (bicyclic) bond motifs is 1. The van der Waals surface area contributed by atoms with Gasteiger partial charge in [0.25, 0.3) is 5.78 Å². The summed E-state index contributed by atoms with van der Waals surface area (Å²) in [4.78, 5) is 25.7. The van der Waals surface area contributed by atoms with Gasteiger partial charge in [0.05, 0.1) is 10.9 Å². The van der Waals surface area contributed by atoms with Gasteiger partial charge >= 0.3 is 0 Å². The molecule has 148 valence electrons. The van der Waals surface area contributed by atoms with Crippen molar-refractivity contribution in [2.24, 2.45) is 0 Å². The molecular formula is C19H17FN6OS2. The topological polar surface area (TPSA) is 85.1 Å². The van der Waals surface area contributed by atoms with Gasteiger partial charge in [-0.15, -0.1) is 16.4 Å². The molecule has 3 heterocycles. The number of aryl methyl sites for hydroxylation is 2. The summed E-state index contributed by atoms with van der Waals surface area (Å²) >= 11 is 2.57. The van der Waals surface area contributed by atoms with E-state index in [9.17, 15) is 9.18 Å². The highest BCUT2D eigenvalue weighted by Gasteiger charge is 2.19. The van der Waals surface area contributed by atoms with Crippen LogP contribution in [0, 0.1) is 19.7 Å². The van der Waals surface area contributed by atoms with Gasteiger partial charge in [-0.3, -0.25) is 4.79 Å². The number of nitrogens with one attached hydrogen (secondary N) is 1. The molecule has 3 aromatic heterocycles. The van der Waals surface area contributed by atoms with E-state index in [2.05, 4.69) is 25.4 Å². The smallest absolute Gasteiger partial charge is 0.253 e. The molecule has 0 saturated heterocycles. The lowest BCUT2D eigenvalue weighted by molar-refractivity contribution is -0.115. The second-order valence-corrected chi connectivity index (χ2v) is 8.61. The molecule has 0 aliphatic heterocycles. The zero-order valence-electron chi connectivity index (χ0n) is 15.9. The molecule has 10 heteroatoms. The number of thioether (sulfide) groups is 1. The van der Waals surface area contributed by atoms with Gasteiger partial charge in [-0.2, -0.15) is 4.98 Å². The van der Waals surface area contributed by atoms with Crippen molar-refractivity contribution in [2.45, 2.75) is 31.2 Å². The summed E-state index contributed by atoms with van der Waals surface area (Å²) in [7, 11) is 0. The van der Waals surface area contributed by atoms with Crippen LogP contribution in [0.3, 0.4) is 0 Å². The largest absolute Gasteiger partial charge is 0.301 e. The van der Waals surface area contributed by atoms with Gasteiger partial charge in [-0.05, 0) is 51.1 Å². The number of thiazole rings is 1. The first kappa shape index (κ1) is 19.5. The SMILES string of the molecule is Cc1cc(C)n2nc(S[C@H](C)C(=O)Nc3nc(-c4ccc(F)cc4)cs3)nc2n1. The molecule has 4 aromatic rings. The number of benzene rings is 1. The number of anilines is 1. The van der Waals surface area contributed by atoms with E-state index in [4.69, 9.17) is 0 Å². The summed E-state index contributed by atoms with van der Waals surface area (Å²) in [5.41, 5.74) is 3.27. The maximum Gasteiger partial charge on any atom is 0.253 e. The fourth-order valence-electron chi connectivity index (χ4n) is 2.70. The van der Waals surface area contributed by atoms with Crippen LogP contribution in [0.2, 0.25) is 0 Å². The van der Waals surface area contributed by atoms with Crippen LogP contribution in [-0.4, -0.2) is 35.7 Å². The van der Waals surface area contributed by atoms with E-state index in [1.54, 1.807) is 23.6 Å². The van der Waals surface area contributed by atoms with E-state index >= 15 is 0 Å². The molecule has 1 atom stereocenters. The van der Waals surface area contributed by atoms with E-state index in [0.717, 1.165) is 17.0 Å². The third-order valence-corrected chi connectivity index (χ3v) is 5.83. The fourth-order valence-corrected chi connectivity index (χ4v) is 4.17. The summed E-state index contributed by atoms with van der Waals surface area (Å²) in [6.07, 6.45) is 0. The minimum atomic E-state index is -0.424. The Morgan fingerprint density at radius 1 is 1.21 bits per heavy atom. The highest BCUT2D eigenvalue weighted by atomic mass is 32.2. The predicted octanol–water partition coefficient (Wildman–Crippen LogP) is 4.12. The quantitative estimate of drug-likeness (QED) is 0.481. The minimum Gasteiger partial charge on any atom is -0.301 e. The predicted molar refractivity (Wildman–Crippen MR) is 112 cm³/mol. The molecule has 29 heavy (non-hydrogen) atoms. The summed E-state index contributed by atoms with van der Waals surface area (Å²) in [5, 5.41) is 9.60. The van der Waals surface area contributed by atoms with Crippen LogP contribution in [0.25, 0.3) is 17.0 Å². The molecule has 0 unspecified atom stereocenters. The van der Waals surface area contributed by atoms with Crippen LogP contribution < -0.4 is 5.32 Å². The number of hydrogen-bond acceptors (Lipinski definition) is 7. The molecule has 0 aliphatic rings. The summed E-state index contributed by atoms with van der Waals surface area (Å²) < 4.78 is 14.7.